The van der Waals surface area contributed by atoms with Crippen molar-refractivity contribution < 1.29 is 4.79 Å². The number of carbonyl (C=O) groups is 1. The summed E-state index contributed by atoms with van der Waals surface area (Å²) in [5.74, 6) is -0.207. The van der Waals surface area contributed by atoms with E-state index < -0.39 is 0 Å². The molecule has 1 amide bonds. The first kappa shape index (κ1) is 16.0. The summed E-state index contributed by atoms with van der Waals surface area (Å²) in [7, 11) is 0. The van der Waals surface area contributed by atoms with E-state index in [1.807, 2.05) is 44.2 Å². The second-order valence-corrected chi connectivity index (χ2v) is 6.56. The van der Waals surface area contributed by atoms with Gasteiger partial charge in [0.2, 0.25) is 0 Å². The molecule has 2 N–H and O–H groups in total. The molecule has 2 aromatic rings. The fraction of sp³-hybridized carbons (Fsp3) is 0.333. The number of aromatic nitrogens is 1. The molecule has 0 spiro atoms. The van der Waals surface area contributed by atoms with E-state index in [-0.39, 0.29) is 11.3 Å². The number of benzene rings is 1. The minimum absolute atomic E-state index is 0.0802. The SMILES string of the molecule is Cc1cc(/C=N/NC(=O)c2ccc(C(C)(C)C)cc2)c(C)[nH]1. The molecule has 0 fully saturated rings. The van der Waals surface area contributed by atoms with E-state index >= 15 is 0 Å². The minimum Gasteiger partial charge on any atom is -0.362 e. The number of carbonyl (C=O) groups excluding carboxylic acids is 1. The van der Waals surface area contributed by atoms with Crippen molar-refractivity contribution in [2.75, 3.05) is 0 Å². The first-order valence-electron chi connectivity index (χ1n) is 7.37. The van der Waals surface area contributed by atoms with Crippen LogP contribution < -0.4 is 5.43 Å². The van der Waals surface area contributed by atoms with Crippen LogP contribution in [-0.4, -0.2) is 17.1 Å². The number of amides is 1. The Morgan fingerprint density at radius 3 is 2.32 bits per heavy atom. The van der Waals surface area contributed by atoms with Crippen LogP contribution in [0.2, 0.25) is 0 Å². The maximum Gasteiger partial charge on any atom is 0.271 e. The molecule has 0 aliphatic carbocycles. The maximum atomic E-state index is 12.1. The number of hydrazone groups is 1. The first-order valence-corrected chi connectivity index (χ1v) is 7.37. The first-order chi connectivity index (χ1) is 10.3. The predicted molar refractivity (Wildman–Crippen MR) is 90.5 cm³/mol. The van der Waals surface area contributed by atoms with Crippen LogP contribution in [0.15, 0.2) is 35.4 Å². The van der Waals surface area contributed by atoms with Crippen LogP contribution in [0, 0.1) is 13.8 Å². The molecule has 22 heavy (non-hydrogen) atoms. The normalized spacial score (nSPS) is 11.9. The van der Waals surface area contributed by atoms with E-state index in [1.54, 1.807) is 6.21 Å². The molecule has 4 nitrogen and oxygen atoms in total. The van der Waals surface area contributed by atoms with Gasteiger partial charge in [-0.15, -0.1) is 0 Å². The quantitative estimate of drug-likeness (QED) is 0.659. The maximum absolute atomic E-state index is 12.1. The van der Waals surface area contributed by atoms with Crippen molar-refractivity contribution in [1.29, 1.82) is 0 Å². The van der Waals surface area contributed by atoms with Crippen molar-refractivity contribution in [3.63, 3.8) is 0 Å². The van der Waals surface area contributed by atoms with Gasteiger partial charge in [0.05, 0.1) is 6.21 Å². The summed E-state index contributed by atoms with van der Waals surface area (Å²) in [6.45, 7) is 10.4. The molecular formula is C18H23N3O. The van der Waals surface area contributed by atoms with Crippen LogP contribution in [0.5, 0.6) is 0 Å². The van der Waals surface area contributed by atoms with Gasteiger partial charge in [-0.25, -0.2) is 5.43 Å². The van der Waals surface area contributed by atoms with Crippen molar-refractivity contribution in [1.82, 2.24) is 10.4 Å². The van der Waals surface area contributed by atoms with Crippen LogP contribution in [0.3, 0.4) is 0 Å². The Morgan fingerprint density at radius 1 is 1.18 bits per heavy atom. The van der Waals surface area contributed by atoms with Gasteiger partial charge in [-0.05, 0) is 43.0 Å². The molecule has 0 saturated carbocycles. The zero-order valence-corrected chi connectivity index (χ0v) is 13.8. The van der Waals surface area contributed by atoms with Crippen LogP contribution in [0.4, 0.5) is 0 Å². The van der Waals surface area contributed by atoms with E-state index in [1.165, 1.54) is 5.56 Å². The third-order valence-corrected chi connectivity index (χ3v) is 3.57. The summed E-state index contributed by atoms with van der Waals surface area (Å²) in [5, 5.41) is 4.02. The summed E-state index contributed by atoms with van der Waals surface area (Å²) in [6, 6.07) is 9.62. The lowest BCUT2D eigenvalue weighted by molar-refractivity contribution is 0.0955. The highest BCUT2D eigenvalue weighted by atomic mass is 16.2. The molecule has 0 aliphatic heterocycles. The Kier molecular flexibility index (Phi) is 4.50. The average Bonchev–Trinajstić information content (AvgIpc) is 2.76. The third kappa shape index (κ3) is 3.85. The number of aryl methyl sites for hydroxylation is 2. The lowest BCUT2D eigenvalue weighted by Gasteiger charge is -2.18. The van der Waals surface area contributed by atoms with Crippen molar-refractivity contribution in [2.24, 2.45) is 5.10 Å². The molecule has 0 saturated heterocycles. The summed E-state index contributed by atoms with van der Waals surface area (Å²) in [6.07, 6.45) is 1.65. The lowest BCUT2D eigenvalue weighted by atomic mass is 9.87. The number of nitrogens with one attached hydrogen (secondary N) is 2. The van der Waals surface area contributed by atoms with E-state index in [4.69, 9.17) is 0 Å². The van der Waals surface area contributed by atoms with Gasteiger partial charge in [0, 0.05) is 22.5 Å². The Balaban J connectivity index is 2.02. The third-order valence-electron chi connectivity index (χ3n) is 3.57. The largest absolute Gasteiger partial charge is 0.362 e. The second-order valence-electron chi connectivity index (χ2n) is 6.56. The lowest BCUT2D eigenvalue weighted by Crippen LogP contribution is -2.18. The molecule has 0 aliphatic rings. The summed E-state index contributed by atoms with van der Waals surface area (Å²) >= 11 is 0. The van der Waals surface area contributed by atoms with Crippen molar-refractivity contribution in [3.8, 4) is 0 Å². The molecule has 1 aromatic heterocycles. The van der Waals surface area contributed by atoms with Crippen molar-refractivity contribution in [3.05, 3.63) is 58.4 Å². The molecule has 1 aromatic carbocycles. The van der Waals surface area contributed by atoms with Gasteiger partial charge in [-0.1, -0.05) is 32.9 Å². The number of nitrogens with zero attached hydrogens (tertiary/aromatic N) is 1. The van der Waals surface area contributed by atoms with E-state index in [0.717, 1.165) is 17.0 Å². The van der Waals surface area contributed by atoms with E-state index in [2.05, 4.69) is 36.3 Å². The highest BCUT2D eigenvalue weighted by molar-refractivity contribution is 5.95. The molecule has 0 atom stereocenters. The van der Waals surface area contributed by atoms with Crippen molar-refractivity contribution in [2.45, 2.75) is 40.0 Å². The van der Waals surface area contributed by atoms with Gasteiger partial charge in [0.1, 0.15) is 0 Å². The Morgan fingerprint density at radius 2 is 1.82 bits per heavy atom. The van der Waals surface area contributed by atoms with Crippen LogP contribution in [-0.2, 0) is 5.41 Å². The highest BCUT2D eigenvalue weighted by Crippen LogP contribution is 2.22. The van der Waals surface area contributed by atoms with Gasteiger partial charge >= 0.3 is 0 Å². The molecule has 0 radical (unpaired) electrons. The Bertz CT molecular complexity index is 688. The van der Waals surface area contributed by atoms with Gasteiger partial charge in [0.25, 0.3) is 5.91 Å². The predicted octanol–water partition coefficient (Wildman–Crippen LogP) is 3.69. The van der Waals surface area contributed by atoms with Gasteiger partial charge in [-0.3, -0.25) is 4.79 Å². The fourth-order valence-corrected chi connectivity index (χ4v) is 2.23. The molecule has 4 heteroatoms. The molecular weight excluding hydrogens is 274 g/mol. The molecule has 0 bridgehead atoms. The number of hydrogen-bond acceptors (Lipinski definition) is 2. The number of aromatic amines is 1. The number of hydrogen-bond donors (Lipinski definition) is 2. The zero-order valence-electron chi connectivity index (χ0n) is 13.8. The second kappa shape index (κ2) is 6.18. The minimum atomic E-state index is -0.207. The summed E-state index contributed by atoms with van der Waals surface area (Å²) in [4.78, 5) is 15.2. The topological polar surface area (TPSA) is 57.2 Å². The van der Waals surface area contributed by atoms with Gasteiger partial charge < -0.3 is 4.98 Å². The molecule has 0 unspecified atom stereocenters. The van der Waals surface area contributed by atoms with Gasteiger partial charge in [-0.2, -0.15) is 5.10 Å². The smallest absolute Gasteiger partial charge is 0.271 e. The Hall–Kier alpha value is -2.36. The number of rotatable bonds is 3. The number of H-pyrrole nitrogens is 1. The molecule has 2 rings (SSSR count). The van der Waals surface area contributed by atoms with Gasteiger partial charge in [0.15, 0.2) is 0 Å². The molecule has 116 valence electrons. The fourth-order valence-electron chi connectivity index (χ4n) is 2.23. The Labute approximate surface area is 131 Å². The zero-order chi connectivity index (χ0) is 16.3. The van der Waals surface area contributed by atoms with Crippen LogP contribution >= 0.6 is 0 Å². The summed E-state index contributed by atoms with van der Waals surface area (Å²) in [5.41, 5.74) is 7.52. The summed E-state index contributed by atoms with van der Waals surface area (Å²) < 4.78 is 0. The van der Waals surface area contributed by atoms with Crippen LogP contribution in [0.1, 0.15) is 53.6 Å². The van der Waals surface area contributed by atoms with E-state index in [9.17, 15) is 4.79 Å². The standard InChI is InChI=1S/C18H23N3O/c1-12-10-15(13(2)20-12)11-19-21-17(22)14-6-8-16(9-7-14)18(3,4)5/h6-11,20H,1-5H3,(H,21,22)/b19-11+. The van der Waals surface area contributed by atoms with Crippen LogP contribution in [0.25, 0.3) is 0 Å². The van der Waals surface area contributed by atoms with Crippen molar-refractivity contribution >= 4 is 12.1 Å². The highest BCUT2D eigenvalue weighted by Gasteiger charge is 2.14. The monoisotopic (exact) mass is 297 g/mol. The molecule has 1 heterocycles. The average molecular weight is 297 g/mol. The van der Waals surface area contributed by atoms with E-state index in [0.29, 0.717) is 5.56 Å².